The standard InChI is InChI=1S/C14H9Cl3F3N/c15-10-5-4-8(6-12(10)17)7-21-13-9(14(18,19)20)2-1-3-11(13)16/h1-6,21H,7H2. The van der Waals surface area contributed by atoms with Gasteiger partial charge in [0.25, 0.3) is 0 Å². The first kappa shape index (κ1) is 16.3. The minimum absolute atomic E-state index is 0.00452. The van der Waals surface area contributed by atoms with Gasteiger partial charge in [-0.15, -0.1) is 0 Å². The first-order valence-electron chi connectivity index (χ1n) is 5.82. The van der Waals surface area contributed by atoms with Gasteiger partial charge < -0.3 is 5.32 Å². The van der Waals surface area contributed by atoms with Gasteiger partial charge >= 0.3 is 6.18 Å². The summed E-state index contributed by atoms with van der Waals surface area (Å²) in [6, 6.07) is 8.47. The Morgan fingerprint density at radius 2 is 1.62 bits per heavy atom. The number of para-hydroxylation sites is 1. The van der Waals surface area contributed by atoms with Gasteiger partial charge in [-0.25, -0.2) is 0 Å². The molecule has 112 valence electrons. The summed E-state index contributed by atoms with van der Waals surface area (Å²) in [5.74, 6) is 0. The summed E-state index contributed by atoms with van der Waals surface area (Å²) in [7, 11) is 0. The molecule has 7 heteroatoms. The van der Waals surface area contributed by atoms with Crippen molar-refractivity contribution in [3.63, 3.8) is 0 Å². The second-order valence-electron chi connectivity index (χ2n) is 4.26. The summed E-state index contributed by atoms with van der Waals surface area (Å²) in [6.45, 7) is 0.143. The maximum absolute atomic E-state index is 12.9. The maximum atomic E-state index is 12.9. The topological polar surface area (TPSA) is 12.0 Å². The van der Waals surface area contributed by atoms with E-state index in [-0.39, 0.29) is 17.3 Å². The van der Waals surface area contributed by atoms with Gasteiger partial charge in [-0.05, 0) is 29.8 Å². The van der Waals surface area contributed by atoms with Crippen molar-refractivity contribution in [3.05, 3.63) is 62.6 Å². The number of benzene rings is 2. The fourth-order valence-corrected chi connectivity index (χ4v) is 2.34. The summed E-state index contributed by atoms with van der Waals surface area (Å²) >= 11 is 17.5. The van der Waals surface area contributed by atoms with Crippen LogP contribution in [0.1, 0.15) is 11.1 Å². The molecule has 0 heterocycles. The molecule has 21 heavy (non-hydrogen) atoms. The van der Waals surface area contributed by atoms with E-state index in [1.807, 2.05) is 0 Å². The quantitative estimate of drug-likeness (QED) is 0.684. The van der Waals surface area contributed by atoms with Gasteiger partial charge in [0.05, 0.1) is 26.3 Å². The number of alkyl halides is 3. The lowest BCUT2D eigenvalue weighted by atomic mass is 10.1. The van der Waals surface area contributed by atoms with Gasteiger partial charge in [-0.2, -0.15) is 13.2 Å². The third-order valence-corrected chi connectivity index (χ3v) is 3.83. The second kappa shape index (κ2) is 6.34. The predicted octanol–water partition coefficient (Wildman–Crippen LogP) is 6.28. The Balaban J connectivity index is 2.25. The van der Waals surface area contributed by atoms with Crippen molar-refractivity contribution in [2.24, 2.45) is 0 Å². The molecule has 2 aromatic rings. The predicted molar refractivity (Wildman–Crippen MR) is 80.2 cm³/mol. The van der Waals surface area contributed by atoms with Crippen LogP contribution < -0.4 is 5.32 Å². The molecule has 0 amide bonds. The molecule has 0 aliphatic heterocycles. The van der Waals surface area contributed by atoms with Gasteiger partial charge in [0.15, 0.2) is 0 Å². The zero-order chi connectivity index (χ0) is 15.6. The molecule has 0 fully saturated rings. The van der Waals surface area contributed by atoms with Gasteiger partial charge in [-0.1, -0.05) is 46.9 Å². The SMILES string of the molecule is FC(F)(F)c1cccc(Cl)c1NCc1ccc(Cl)c(Cl)c1. The highest BCUT2D eigenvalue weighted by molar-refractivity contribution is 6.42. The van der Waals surface area contributed by atoms with Crippen molar-refractivity contribution in [2.75, 3.05) is 5.32 Å². The smallest absolute Gasteiger partial charge is 0.379 e. The van der Waals surface area contributed by atoms with Crippen LogP contribution in [0.2, 0.25) is 15.1 Å². The summed E-state index contributed by atoms with van der Waals surface area (Å²) in [4.78, 5) is 0. The Hall–Kier alpha value is -1.10. The van der Waals surface area contributed by atoms with Gasteiger partial charge in [0.1, 0.15) is 0 Å². The fourth-order valence-electron chi connectivity index (χ4n) is 1.78. The molecule has 0 aromatic heterocycles. The number of hydrogen-bond donors (Lipinski definition) is 1. The molecule has 2 rings (SSSR count). The molecule has 0 unspecified atom stereocenters. The van der Waals surface area contributed by atoms with Crippen molar-refractivity contribution in [1.29, 1.82) is 0 Å². The minimum atomic E-state index is -4.48. The van der Waals surface area contributed by atoms with Crippen LogP contribution in [0.25, 0.3) is 0 Å². The van der Waals surface area contributed by atoms with Crippen molar-refractivity contribution >= 4 is 40.5 Å². The molecule has 0 radical (unpaired) electrons. The third kappa shape index (κ3) is 3.96. The van der Waals surface area contributed by atoms with E-state index in [0.29, 0.717) is 15.6 Å². The van der Waals surface area contributed by atoms with Crippen LogP contribution in [0.15, 0.2) is 36.4 Å². The van der Waals surface area contributed by atoms with Crippen LogP contribution in [0.5, 0.6) is 0 Å². The number of rotatable bonds is 3. The molecular weight excluding hydrogens is 346 g/mol. The molecule has 0 aliphatic carbocycles. The molecule has 0 atom stereocenters. The van der Waals surface area contributed by atoms with E-state index < -0.39 is 11.7 Å². The molecule has 0 saturated carbocycles. The lowest BCUT2D eigenvalue weighted by molar-refractivity contribution is -0.136. The van der Waals surface area contributed by atoms with Gasteiger partial charge in [0.2, 0.25) is 0 Å². The van der Waals surface area contributed by atoms with Gasteiger partial charge in [0, 0.05) is 6.54 Å². The first-order valence-corrected chi connectivity index (χ1v) is 6.96. The van der Waals surface area contributed by atoms with E-state index in [1.165, 1.54) is 12.1 Å². The molecule has 1 nitrogen and oxygen atoms in total. The van der Waals surface area contributed by atoms with Crippen LogP contribution in [-0.4, -0.2) is 0 Å². The second-order valence-corrected chi connectivity index (χ2v) is 5.48. The van der Waals surface area contributed by atoms with Crippen molar-refractivity contribution in [3.8, 4) is 0 Å². The van der Waals surface area contributed by atoms with Gasteiger partial charge in [-0.3, -0.25) is 0 Å². The van der Waals surface area contributed by atoms with E-state index in [9.17, 15) is 13.2 Å². The minimum Gasteiger partial charge on any atom is -0.379 e. The zero-order valence-electron chi connectivity index (χ0n) is 10.4. The third-order valence-electron chi connectivity index (χ3n) is 2.77. The van der Waals surface area contributed by atoms with Crippen molar-refractivity contribution in [1.82, 2.24) is 0 Å². The normalized spacial score (nSPS) is 11.5. The number of halogens is 6. The van der Waals surface area contributed by atoms with E-state index >= 15 is 0 Å². The van der Waals surface area contributed by atoms with Crippen LogP contribution >= 0.6 is 34.8 Å². The van der Waals surface area contributed by atoms with E-state index in [2.05, 4.69) is 5.32 Å². The zero-order valence-corrected chi connectivity index (χ0v) is 12.7. The summed E-state index contributed by atoms with van der Waals surface area (Å²) in [5.41, 5.74) is -0.273. The Labute approximate surface area is 134 Å². The highest BCUT2D eigenvalue weighted by Crippen LogP contribution is 2.38. The Bertz CT molecular complexity index is 656. The molecule has 1 N–H and O–H groups in total. The number of hydrogen-bond acceptors (Lipinski definition) is 1. The molecule has 0 bridgehead atoms. The average molecular weight is 355 g/mol. The van der Waals surface area contributed by atoms with Crippen LogP contribution in [0.3, 0.4) is 0 Å². The first-order chi connectivity index (χ1) is 9.79. The fraction of sp³-hybridized carbons (Fsp3) is 0.143. The summed E-state index contributed by atoms with van der Waals surface area (Å²) in [5, 5.41) is 3.42. The summed E-state index contributed by atoms with van der Waals surface area (Å²) < 4.78 is 38.8. The molecular formula is C14H9Cl3F3N. The Kier molecular flexibility index (Phi) is 4.91. The monoisotopic (exact) mass is 353 g/mol. The van der Waals surface area contributed by atoms with E-state index in [0.717, 1.165) is 6.07 Å². The highest BCUT2D eigenvalue weighted by atomic mass is 35.5. The van der Waals surface area contributed by atoms with Crippen molar-refractivity contribution in [2.45, 2.75) is 12.7 Å². The lowest BCUT2D eigenvalue weighted by Crippen LogP contribution is -2.11. The lowest BCUT2D eigenvalue weighted by Gasteiger charge is -2.16. The molecule has 2 aromatic carbocycles. The molecule has 0 spiro atoms. The van der Waals surface area contributed by atoms with Crippen LogP contribution in [0, 0.1) is 0 Å². The number of anilines is 1. The molecule has 0 saturated heterocycles. The largest absolute Gasteiger partial charge is 0.418 e. The Morgan fingerprint density at radius 3 is 2.24 bits per heavy atom. The van der Waals surface area contributed by atoms with Crippen LogP contribution in [-0.2, 0) is 12.7 Å². The maximum Gasteiger partial charge on any atom is 0.418 e. The highest BCUT2D eigenvalue weighted by Gasteiger charge is 2.34. The summed E-state index contributed by atoms with van der Waals surface area (Å²) in [6.07, 6.45) is -4.48. The Morgan fingerprint density at radius 1 is 0.905 bits per heavy atom. The van der Waals surface area contributed by atoms with Crippen molar-refractivity contribution < 1.29 is 13.2 Å². The van der Waals surface area contributed by atoms with E-state index in [4.69, 9.17) is 34.8 Å². The average Bonchev–Trinajstić information content (AvgIpc) is 2.40. The van der Waals surface area contributed by atoms with E-state index in [1.54, 1.807) is 18.2 Å². The van der Waals surface area contributed by atoms with Crippen LogP contribution in [0.4, 0.5) is 18.9 Å². The number of nitrogens with one attached hydrogen (secondary N) is 1. The molecule has 0 aliphatic rings.